The third-order valence-electron chi connectivity index (χ3n) is 14.4. The number of hydrogen-bond donors (Lipinski definition) is 1. The van der Waals surface area contributed by atoms with Crippen molar-refractivity contribution in [3.63, 3.8) is 0 Å². The van der Waals surface area contributed by atoms with Crippen molar-refractivity contribution < 1.29 is 42.9 Å². The lowest BCUT2D eigenvalue weighted by atomic mass is 10.1. The van der Waals surface area contributed by atoms with Crippen molar-refractivity contribution in [3.8, 4) is 0 Å². The molecule has 0 heterocycles. The van der Waals surface area contributed by atoms with Crippen molar-refractivity contribution in [2.24, 2.45) is 0 Å². The van der Waals surface area contributed by atoms with Crippen LogP contribution in [0.15, 0.2) is 231 Å². The van der Waals surface area contributed by atoms with Crippen molar-refractivity contribution >= 4 is 17.9 Å². The summed E-state index contributed by atoms with van der Waals surface area (Å²) in [5.41, 5.74) is 0. The highest BCUT2D eigenvalue weighted by molar-refractivity contribution is 5.71. The zero-order valence-electron chi connectivity index (χ0n) is 60.2. The number of carbonyl (C=O) groups excluding carboxylic acids is 2. The molecule has 0 aliphatic carbocycles. The average molecular weight is 1310 g/mol. The Labute approximate surface area is 580 Å². The highest BCUT2D eigenvalue weighted by Crippen LogP contribution is 2.14. The first-order chi connectivity index (χ1) is 46.6. The van der Waals surface area contributed by atoms with E-state index in [1.165, 1.54) is 0 Å². The number of likely N-dealkylation sites (N-methyl/N-ethyl adjacent to an activating group) is 1. The number of ether oxygens (including phenoxy) is 4. The molecule has 528 valence electrons. The molecular weight excluding hydrogens is 1170 g/mol. The number of carboxylic acid groups (broad SMARTS) is 1. The largest absolute Gasteiger partial charge is 0.477 e. The van der Waals surface area contributed by atoms with Gasteiger partial charge in [-0.25, -0.2) is 4.79 Å². The Morgan fingerprint density at radius 2 is 0.568 bits per heavy atom. The molecule has 0 rings (SSSR count). The van der Waals surface area contributed by atoms with Crippen LogP contribution in [0.1, 0.15) is 232 Å². The Hall–Kier alpha value is -6.65. The number of quaternary nitrogens is 1. The molecule has 1 N–H and O–H groups in total. The molecule has 0 aliphatic rings. The minimum absolute atomic E-state index is 0.167. The third kappa shape index (κ3) is 74.6. The monoisotopic (exact) mass is 1310 g/mol. The number of rotatable bonds is 64. The number of hydrogen-bond acceptors (Lipinski definition) is 7. The van der Waals surface area contributed by atoms with E-state index >= 15 is 0 Å². The standard InChI is InChI=1S/C86H131NO8/c1-6-8-10-12-14-16-18-20-22-24-26-28-30-32-34-36-38-40-41-42-43-45-47-49-51-53-55-57-59-61-63-65-67-69-71-73-75-77-84(89)95-82(81-94-86(85(90)91)92-79-78-87(3,4)5)80-93-83(88)76-74-72-70-68-66-64-62-60-58-56-54-52-50-48-46-44-39-37-35-33-31-29-27-25-23-21-19-17-15-13-11-9-7-2/h8-11,14-17,20-23,26-29,32-35,38-40,42-44,47-50,53-56,59-62,82,86H,6-7,12-13,18-19,24-25,30-31,36-37,41,45-46,51-52,57-58,63-81H2,1-5H3/p+1/b10-8-,11-9-,16-14-,17-15-,22-20-,23-21-,28-26-,29-27-,34-32-,35-33-,40-38-,43-42-,44-39-,49-47-,50-48-,55-53-,56-54-,61-59-,62-60-. The number of carbonyl (C=O) groups is 3. The fourth-order valence-electron chi connectivity index (χ4n) is 8.91. The van der Waals surface area contributed by atoms with E-state index in [1.54, 1.807) is 0 Å². The molecule has 0 fully saturated rings. The second-order valence-electron chi connectivity index (χ2n) is 24.4. The van der Waals surface area contributed by atoms with Gasteiger partial charge in [0.2, 0.25) is 0 Å². The summed E-state index contributed by atoms with van der Waals surface area (Å²) < 4.78 is 22.9. The molecule has 9 heteroatoms. The lowest BCUT2D eigenvalue weighted by Gasteiger charge is -2.25. The van der Waals surface area contributed by atoms with Gasteiger partial charge in [-0.2, -0.15) is 0 Å². The van der Waals surface area contributed by atoms with E-state index in [4.69, 9.17) is 18.9 Å². The molecule has 9 nitrogen and oxygen atoms in total. The molecule has 0 bridgehead atoms. The minimum atomic E-state index is -1.54. The highest BCUT2D eigenvalue weighted by atomic mass is 16.7. The van der Waals surface area contributed by atoms with Crippen molar-refractivity contribution in [2.75, 3.05) is 47.5 Å². The molecule has 0 amide bonds. The minimum Gasteiger partial charge on any atom is -0.477 e. The molecule has 0 aliphatic heterocycles. The summed E-state index contributed by atoms with van der Waals surface area (Å²) in [7, 11) is 5.95. The van der Waals surface area contributed by atoms with Gasteiger partial charge in [-0.05, 0) is 161 Å². The molecular formula is C86H132NO8+. The van der Waals surface area contributed by atoms with Gasteiger partial charge in [0.05, 0.1) is 34.4 Å². The van der Waals surface area contributed by atoms with Gasteiger partial charge in [-0.1, -0.05) is 290 Å². The first kappa shape index (κ1) is 88.4. The lowest BCUT2D eigenvalue weighted by molar-refractivity contribution is -0.870. The molecule has 95 heavy (non-hydrogen) atoms. The molecule has 0 aromatic carbocycles. The number of unbranched alkanes of at least 4 members (excludes halogenated alkanes) is 11. The van der Waals surface area contributed by atoms with Crippen LogP contribution >= 0.6 is 0 Å². The van der Waals surface area contributed by atoms with Crippen molar-refractivity contribution in [3.05, 3.63) is 231 Å². The number of carboxylic acids is 1. The summed E-state index contributed by atoms with van der Waals surface area (Å²) in [4.78, 5) is 37.7. The second-order valence-corrected chi connectivity index (χ2v) is 24.4. The van der Waals surface area contributed by atoms with Crippen LogP contribution in [0.2, 0.25) is 0 Å². The lowest BCUT2D eigenvalue weighted by Crippen LogP contribution is -2.40. The summed E-state index contributed by atoms with van der Waals surface area (Å²) in [5, 5.41) is 9.76. The van der Waals surface area contributed by atoms with Gasteiger partial charge in [0, 0.05) is 12.8 Å². The zero-order valence-corrected chi connectivity index (χ0v) is 60.2. The SMILES string of the molecule is CC/C=C\C/C=C\C/C=C\C/C=C\C/C=C\C/C=C\C/C=C\C/C=C\C/C=C\C/C=C\CCCCCCCCC(=O)OC(COC(=O)CCCCCCC/C=C\C/C=C\C/C=C\C/C=C\C/C=C\C/C=C\C/C=C\C/C=C\C/C=C\CC)COC(OCC[N+](C)(C)C)C(=O)O. The molecule has 2 unspecified atom stereocenters. The Bertz CT molecular complexity index is 2420. The summed E-state index contributed by atoms with van der Waals surface area (Å²) in [6.07, 6.45) is 114. The molecule has 0 saturated heterocycles. The smallest absolute Gasteiger partial charge is 0.361 e. The van der Waals surface area contributed by atoms with Crippen LogP contribution in [-0.2, 0) is 33.3 Å². The van der Waals surface area contributed by atoms with Gasteiger partial charge in [0.25, 0.3) is 6.29 Å². The highest BCUT2D eigenvalue weighted by Gasteiger charge is 2.25. The maximum absolute atomic E-state index is 13.0. The Morgan fingerprint density at radius 3 is 0.842 bits per heavy atom. The summed E-state index contributed by atoms with van der Waals surface area (Å²) in [6.45, 7) is 4.57. The van der Waals surface area contributed by atoms with Crippen LogP contribution in [0.3, 0.4) is 0 Å². The number of esters is 2. The average Bonchev–Trinajstić information content (AvgIpc) is 3.75. The van der Waals surface area contributed by atoms with E-state index in [-0.39, 0.29) is 38.6 Å². The van der Waals surface area contributed by atoms with E-state index in [2.05, 4.69) is 245 Å². The normalized spacial score (nSPS) is 14.1. The van der Waals surface area contributed by atoms with Crippen LogP contribution < -0.4 is 0 Å². The van der Waals surface area contributed by atoms with E-state index in [0.29, 0.717) is 23.9 Å². The second kappa shape index (κ2) is 73.2. The first-order valence-corrected chi connectivity index (χ1v) is 36.5. The topological polar surface area (TPSA) is 108 Å². The van der Waals surface area contributed by atoms with Gasteiger partial charge in [0.1, 0.15) is 13.2 Å². The maximum atomic E-state index is 13.0. The maximum Gasteiger partial charge on any atom is 0.361 e. The quantitative estimate of drug-likeness (QED) is 0.0211. The van der Waals surface area contributed by atoms with E-state index in [9.17, 15) is 19.5 Å². The molecule has 0 aromatic heterocycles. The van der Waals surface area contributed by atoms with Gasteiger partial charge in [-0.3, -0.25) is 9.59 Å². The third-order valence-corrected chi connectivity index (χ3v) is 14.4. The van der Waals surface area contributed by atoms with Crippen LogP contribution in [0, 0.1) is 0 Å². The molecule has 0 aromatic rings. The Morgan fingerprint density at radius 1 is 0.316 bits per heavy atom. The fourth-order valence-corrected chi connectivity index (χ4v) is 8.91. The number of nitrogens with zero attached hydrogens (tertiary/aromatic N) is 1. The van der Waals surface area contributed by atoms with Crippen LogP contribution in [0.25, 0.3) is 0 Å². The van der Waals surface area contributed by atoms with Crippen LogP contribution in [0.5, 0.6) is 0 Å². The molecule has 0 saturated carbocycles. The molecule has 2 atom stereocenters. The molecule has 0 spiro atoms. The predicted octanol–water partition coefficient (Wildman–Crippen LogP) is 23.5. The van der Waals surface area contributed by atoms with Gasteiger partial charge in [-0.15, -0.1) is 0 Å². The van der Waals surface area contributed by atoms with Crippen molar-refractivity contribution in [1.29, 1.82) is 0 Å². The number of aliphatic carboxylic acids is 1. The fraction of sp³-hybridized carbons (Fsp3) is 0.523. The number of allylic oxidation sites excluding steroid dienone is 38. The van der Waals surface area contributed by atoms with Gasteiger partial charge >= 0.3 is 17.9 Å². The Kier molecular flexibility index (Phi) is 68.0. The van der Waals surface area contributed by atoms with Crippen molar-refractivity contribution in [2.45, 2.75) is 245 Å². The summed E-state index contributed by atoms with van der Waals surface area (Å²) >= 11 is 0. The van der Waals surface area contributed by atoms with E-state index < -0.39 is 24.3 Å². The summed E-state index contributed by atoms with van der Waals surface area (Å²) in [5.74, 6) is -2.08. The zero-order chi connectivity index (χ0) is 69.0. The van der Waals surface area contributed by atoms with Crippen molar-refractivity contribution in [1.82, 2.24) is 0 Å². The van der Waals surface area contributed by atoms with Crippen LogP contribution in [-0.4, -0.2) is 87.4 Å². The van der Waals surface area contributed by atoms with E-state index in [0.717, 1.165) is 193 Å². The molecule has 0 radical (unpaired) electrons. The predicted molar refractivity (Wildman–Crippen MR) is 409 cm³/mol. The first-order valence-electron chi connectivity index (χ1n) is 36.5. The van der Waals surface area contributed by atoms with E-state index in [1.807, 2.05) is 21.1 Å². The van der Waals surface area contributed by atoms with Crippen LogP contribution in [0.4, 0.5) is 0 Å². The Balaban J connectivity index is 4.29. The van der Waals surface area contributed by atoms with Gasteiger partial charge < -0.3 is 28.5 Å². The summed E-state index contributed by atoms with van der Waals surface area (Å²) in [6, 6.07) is 0. The van der Waals surface area contributed by atoms with Gasteiger partial charge in [0.15, 0.2) is 6.10 Å².